The Labute approximate surface area is 272 Å². The topological polar surface area (TPSA) is 113 Å². The molecule has 45 heavy (non-hydrogen) atoms. The van der Waals surface area contributed by atoms with E-state index >= 15 is 0 Å². The monoisotopic (exact) mass is 631 g/mol. The molecule has 1 aliphatic heterocycles. The van der Waals surface area contributed by atoms with Crippen LogP contribution in [0.4, 0.5) is 0 Å². The van der Waals surface area contributed by atoms with E-state index in [4.69, 9.17) is 11.5 Å². The van der Waals surface area contributed by atoms with Gasteiger partial charge in [0.15, 0.2) is 5.78 Å². The molecule has 4 rings (SSSR count). The lowest BCUT2D eigenvalue weighted by molar-refractivity contribution is -0.157. The van der Waals surface area contributed by atoms with Crippen molar-refractivity contribution < 1.29 is 14.4 Å². The summed E-state index contributed by atoms with van der Waals surface area (Å²) in [6.45, 7) is 7.02. The number of amides is 2. The van der Waals surface area contributed by atoms with Gasteiger partial charge in [-0.1, -0.05) is 61.0 Å². The predicted octanol–water partition coefficient (Wildman–Crippen LogP) is 4.96. The quantitative estimate of drug-likeness (QED) is 0.258. The Morgan fingerprint density at radius 3 is 2.27 bits per heavy atom. The Hall–Kier alpha value is -3.37. The first kappa shape index (κ1) is 34.5. The van der Waals surface area contributed by atoms with E-state index in [1.807, 2.05) is 73.8 Å². The van der Waals surface area contributed by atoms with Gasteiger partial charge in [0.2, 0.25) is 11.8 Å². The Morgan fingerprint density at radius 1 is 0.933 bits per heavy atom. The molecule has 0 bridgehead atoms. The van der Waals surface area contributed by atoms with E-state index in [1.54, 1.807) is 43.4 Å². The van der Waals surface area contributed by atoms with Crippen LogP contribution in [0.25, 0.3) is 10.8 Å². The second-order valence-corrected chi connectivity index (χ2v) is 14.3. The van der Waals surface area contributed by atoms with Crippen LogP contribution in [0, 0.1) is 5.92 Å². The number of benzene rings is 2. The lowest BCUT2D eigenvalue weighted by Gasteiger charge is -2.41. The van der Waals surface area contributed by atoms with Crippen LogP contribution < -0.4 is 11.5 Å². The van der Waals surface area contributed by atoms with Gasteiger partial charge >= 0.3 is 0 Å². The average Bonchev–Trinajstić information content (AvgIpc) is 3.54. The number of nitrogens with two attached hydrogens (primary N) is 2. The minimum atomic E-state index is -1.57. The van der Waals surface area contributed by atoms with Gasteiger partial charge in [0.1, 0.15) is 0 Å². The van der Waals surface area contributed by atoms with Crippen LogP contribution in [-0.4, -0.2) is 76.8 Å². The molecule has 9 heteroatoms. The number of hydrogen-bond acceptors (Lipinski definition) is 7. The molecule has 1 unspecified atom stereocenters. The summed E-state index contributed by atoms with van der Waals surface area (Å²) in [4.78, 5) is 44.9. The van der Waals surface area contributed by atoms with Crippen molar-refractivity contribution in [2.75, 3.05) is 27.2 Å². The van der Waals surface area contributed by atoms with Crippen LogP contribution in [0.1, 0.15) is 56.9 Å². The van der Waals surface area contributed by atoms with Crippen LogP contribution in [0.5, 0.6) is 0 Å². The third-order valence-electron chi connectivity index (χ3n) is 8.88. The second-order valence-electron chi connectivity index (χ2n) is 13.3. The molecule has 8 nitrogen and oxygen atoms in total. The van der Waals surface area contributed by atoms with Crippen molar-refractivity contribution in [3.05, 3.63) is 82.6 Å². The number of piperidine rings is 1. The van der Waals surface area contributed by atoms with Crippen LogP contribution in [0.15, 0.2) is 72.1 Å². The SMILES string of the molecule is CN(C(=O)/C=C/CC(C)(C)N)[C@H](Cc1ccc2ccccc2c1)C(=O)C(C)(N)[C@H](Cc1cccs1)C(=O)N(C)N1CCCCC1. The summed E-state index contributed by atoms with van der Waals surface area (Å²) in [6.07, 6.45) is 7.48. The van der Waals surface area contributed by atoms with E-state index in [-0.39, 0.29) is 24.0 Å². The number of hydrogen-bond donors (Lipinski definition) is 2. The maximum Gasteiger partial charge on any atom is 0.246 e. The number of thiophene rings is 1. The number of hydrazine groups is 1. The standard InChI is InChI=1S/C36H49N5O3S/c1-35(2,37)19-11-16-32(42)39(4)31(24-26-17-18-27-13-7-8-14-28(27)23-26)33(43)36(3,38)30(25-29-15-12-22-45-29)34(44)40(5)41-20-9-6-10-21-41/h7-8,11-18,22-23,30-31H,6,9-10,19-21,24-25,37-38H2,1-5H3/b16-11+/t30-,31-,36?/m1/s1. The molecule has 0 saturated carbocycles. The van der Waals surface area contributed by atoms with Crippen molar-refractivity contribution in [3.8, 4) is 0 Å². The summed E-state index contributed by atoms with van der Waals surface area (Å²) in [5.41, 5.74) is 12.0. The molecular weight excluding hydrogens is 582 g/mol. The Morgan fingerprint density at radius 2 is 1.62 bits per heavy atom. The van der Waals surface area contributed by atoms with Crippen LogP contribution in [-0.2, 0) is 27.2 Å². The maximum absolute atomic E-state index is 14.7. The highest BCUT2D eigenvalue weighted by molar-refractivity contribution is 7.09. The predicted molar refractivity (Wildman–Crippen MR) is 184 cm³/mol. The highest BCUT2D eigenvalue weighted by Gasteiger charge is 2.47. The molecule has 1 aromatic heterocycles. The van der Waals surface area contributed by atoms with E-state index in [9.17, 15) is 14.4 Å². The molecule has 3 atom stereocenters. The molecule has 0 spiro atoms. The molecule has 0 aliphatic carbocycles. The van der Waals surface area contributed by atoms with E-state index in [0.717, 1.165) is 53.6 Å². The lowest BCUT2D eigenvalue weighted by Crippen LogP contribution is -2.64. The molecule has 2 amide bonds. The summed E-state index contributed by atoms with van der Waals surface area (Å²) in [5.74, 6) is -1.68. The number of carbonyl (C=O) groups excluding carboxylic acids is 3. The Balaban J connectivity index is 1.69. The fraction of sp³-hybridized carbons (Fsp3) is 0.472. The van der Waals surface area contributed by atoms with Crippen molar-refractivity contribution in [2.24, 2.45) is 17.4 Å². The zero-order valence-corrected chi connectivity index (χ0v) is 28.2. The molecule has 1 saturated heterocycles. The van der Waals surface area contributed by atoms with E-state index in [1.165, 1.54) is 11.0 Å². The fourth-order valence-corrected chi connectivity index (χ4v) is 6.74. The Bertz CT molecular complexity index is 1490. The fourth-order valence-electron chi connectivity index (χ4n) is 5.99. The summed E-state index contributed by atoms with van der Waals surface area (Å²) < 4.78 is 0. The van der Waals surface area contributed by atoms with Crippen molar-refractivity contribution in [1.82, 2.24) is 14.9 Å². The molecule has 1 fully saturated rings. The van der Waals surface area contributed by atoms with Gasteiger partial charge < -0.3 is 16.4 Å². The third-order valence-corrected chi connectivity index (χ3v) is 9.78. The van der Waals surface area contributed by atoms with Crippen molar-refractivity contribution >= 4 is 39.7 Å². The summed E-state index contributed by atoms with van der Waals surface area (Å²) in [5, 5.41) is 7.82. The molecule has 242 valence electrons. The largest absolute Gasteiger partial charge is 0.332 e. The molecule has 1 aliphatic rings. The van der Waals surface area contributed by atoms with Crippen LogP contribution in [0.2, 0.25) is 0 Å². The number of fused-ring (bicyclic) bond motifs is 1. The number of Topliss-reactive ketones (excluding diaryl/α,β-unsaturated/α-hetero) is 1. The molecule has 0 radical (unpaired) electrons. The van der Waals surface area contributed by atoms with Gasteiger partial charge in [-0.2, -0.15) is 0 Å². The highest BCUT2D eigenvalue weighted by atomic mass is 32.1. The minimum absolute atomic E-state index is 0.188. The van der Waals surface area contributed by atoms with Crippen molar-refractivity contribution in [2.45, 2.75) is 76.4 Å². The minimum Gasteiger partial charge on any atom is -0.332 e. The van der Waals surface area contributed by atoms with E-state index in [2.05, 4.69) is 5.01 Å². The van der Waals surface area contributed by atoms with Crippen molar-refractivity contribution in [1.29, 1.82) is 0 Å². The first-order valence-electron chi connectivity index (χ1n) is 15.9. The smallest absolute Gasteiger partial charge is 0.246 e. The normalized spacial score (nSPS) is 17.1. The van der Waals surface area contributed by atoms with Gasteiger partial charge in [-0.05, 0) is 80.3 Å². The summed E-state index contributed by atoms with van der Waals surface area (Å²) >= 11 is 1.54. The van der Waals surface area contributed by atoms with E-state index < -0.39 is 23.0 Å². The first-order valence-corrected chi connectivity index (χ1v) is 16.7. The van der Waals surface area contributed by atoms with Gasteiger partial charge in [0, 0.05) is 44.0 Å². The average molecular weight is 632 g/mol. The summed E-state index contributed by atoms with van der Waals surface area (Å²) in [7, 11) is 3.41. The molecule has 2 heterocycles. The number of nitrogens with zero attached hydrogens (tertiary/aromatic N) is 3. The zero-order valence-electron chi connectivity index (χ0n) is 27.4. The van der Waals surface area contributed by atoms with Gasteiger partial charge in [0.05, 0.1) is 17.5 Å². The highest BCUT2D eigenvalue weighted by Crippen LogP contribution is 2.29. The molecule has 4 N–H and O–H groups in total. The van der Waals surface area contributed by atoms with E-state index in [0.29, 0.717) is 12.8 Å². The summed E-state index contributed by atoms with van der Waals surface area (Å²) in [6, 6.07) is 17.1. The zero-order chi connectivity index (χ0) is 32.8. The Kier molecular flexibility index (Phi) is 11.4. The second kappa shape index (κ2) is 14.8. The number of rotatable bonds is 13. The van der Waals surface area contributed by atoms with Gasteiger partial charge in [-0.15, -0.1) is 11.3 Å². The first-order chi connectivity index (χ1) is 21.3. The van der Waals surface area contributed by atoms with Crippen molar-refractivity contribution in [3.63, 3.8) is 0 Å². The molecular formula is C36H49N5O3S. The third kappa shape index (κ3) is 8.88. The lowest BCUT2D eigenvalue weighted by atomic mass is 9.76. The van der Waals surface area contributed by atoms with Gasteiger partial charge in [-0.3, -0.25) is 19.4 Å². The molecule has 3 aromatic rings. The number of likely N-dealkylation sites (N-methyl/N-ethyl adjacent to an activating group) is 1. The number of carbonyl (C=O) groups is 3. The van der Waals surface area contributed by atoms with Crippen LogP contribution in [0.3, 0.4) is 0 Å². The molecule has 2 aromatic carbocycles. The maximum atomic E-state index is 14.7. The number of ketones is 1. The van der Waals surface area contributed by atoms with Crippen LogP contribution >= 0.6 is 11.3 Å². The van der Waals surface area contributed by atoms with Gasteiger partial charge in [0.25, 0.3) is 0 Å². The van der Waals surface area contributed by atoms with Gasteiger partial charge in [-0.25, -0.2) is 5.01 Å².